The minimum absolute atomic E-state index is 0.341. The third-order valence-corrected chi connectivity index (χ3v) is 3.07. The molecule has 0 aliphatic carbocycles. The van der Waals surface area contributed by atoms with Gasteiger partial charge in [-0.3, -0.25) is 0 Å². The van der Waals surface area contributed by atoms with Gasteiger partial charge in [-0.2, -0.15) is 0 Å². The predicted octanol–water partition coefficient (Wildman–Crippen LogP) is 3.37. The van der Waals surface area contributed by atoms with E-state index in [0.717, 1.165) is 12.8 Å². The molecule has 0 saturated carbocycles. The fourth-order valence-electron chi connectivity index (χ4n) is 2.38. The van der Waals surface area contributed by atoms with Crippen LogP contribution in [0.3, 0.4) is 0 Å². The minimum atomic E-state index is 0.341. The quantitative estimate of drug-likeness (QED) is 0.689. The van der Waals surface area contributed by atoms with Gasteiger partial charge in [-0.25, -0.2) is 4.98 Å². The fourth-order valence-corrected chi connectivity index (χ4v) is 2.38. The smallest absolute Gasteiger partial charge is 0.109 e. The molecule has 84 valence electrons. The average Bonchev–Trinajstić information content (AvgIpc) is 2.45. The van der Waals surface area contributed by atoms with Crippen molar-refractivity contribution < 1.29 is 0 Å². The molecule has 0 saturated heterocycles. The Labute approximate surface area is 92.7 Å². The second-order valence-corrected chi connectivity index (χ2v) is 6.03. The molecule has 1 aromatic heterocycles. The Hall–Kier alpha value is -0.790. The molecular formula is C13H22N2. The summed E-state index contributed by atoms with van der Waals surface area (Å²) in [5.74, 6) is 1.30. The van der Waals surface area contributed by atoms with Crippen LogP contribution in [0, 0.1) is 5.41 Å². The summed E-state index contributed by atoms with van der Waals surface area (Å²) >= 11 is 0. The summed E-state index contributed by atoms with van der Waals surface area (Å²) in [6.45, 7) is 9.11. The largest absolute Gasteiger partial charge is 0.332 e. The number of nitrogens with zero attached hydrogens (tertiary/aromatic N) is 2. The minimum Gasteiger partial charge on any atom is -0.332 e. The number of hydrogen-bond donors (Lipinski definition) is 0. The molecule has 0 spiro atoms. The molecule has 2 nitrogen and oxygen atoms in total. The summed E-state index contributed by atoms with van der Waals surface area (Å²) in [7, 11) is 0. The maximum atomic E-state index is 4.75. The molecule has 1 aromatic rings. The Morgan fingerprint density at radius 2 is 2.20 bits per heavy atom. The highest BCUT2D eigenvalue weighted by molar-refractivity contribution is 5.09. The van der Waals surface area contributed by atoms with Crippen molar-refractivity contribution in [3.05, 3.63) is 17.7 Å². The van der Waals surface area contributed by atoms with Crippen molar-refractivity contribution in [2.45, 2.75) is 59.4 Å². The van der Waals surface area contributed by atoms with Crippen LogP contribution in [0.5, 0.6) is 0 Å². The highest BCUT2D eigenvalue weighted by atomic mass is 15.1. The molecule has 1 aliphatic rings. The third kappa shape index (κ3) is 2.42. The molecule has 0 radical (unpaired) electrons. The Balaban J connectivity index is 2.22. The lowest BCUT2D eigenvalue weighted by Crippen LogP contribution is -2.14. The van der Waals surface area contributed by atoms with Gasteiger partial charge in [0.05, 0.1) is 5.69 Å². The van der Waals surface area contributed by atoms with E-state index in [4.69, 9.17) is 4.98 Å². The average molecular weight is 206 g/mol. The van der Waals surface area contributed by atoms with Gasteiger partial charge in [-0.05, 0) is 31.6 Å². The summed E-state index contributed by atoms with van der Waals surface area (Å²) in [6, 6.07) is 0.648. The summed E-state index contributed by atoms with van der Waals surface area (Å²) in [5.41, 5.74) is 1.61. The van der Waals surface area contributed by atoms with Crippen LogP contribution in [0.4, 0.5) is 0 Å². The molecule has 1 aliphatic heterocycles. The van der Waals surface area contributed by atoms with Gasteiger partial charge in [0.1, 0.15) is 5.82 Å². The topological polar surface area (TPSA) is 17.8 Å². The zero-order valence-corrected chi connectivity index (χ0v) is 10.4. The normalized spacial score (nSPS) is 21.5. The van der Waals surface area contributed by atoms with Gasteiger partial charge in [0.2, 0.25) is 0 Å². The molecule has 0 bridgehead atoms. The van der Waals surface area contributed by atoms with Crippen LogP contribution >= 0.6 is 0 Å². The van der Waals surface area contributed by atoms with Crippen molar-refractivity contribution in [2.24, 2.45) is 5.41 Å². The first-order valence-corrected chi connectivity index (χ1v) is 6.02. The van der Waals surface area contributed by atoms with Gasteiger partial charge in [0, 0.05) is 18.7 Å². The van der Waals surface area contributed by atoms with Gasteiger partial charge >= 0.3 is 0 Å². The van der Waals surface area contributed by atoms with Crippen LogP contribution in [0.15, 0.2) is 6.20 Å². The van der Waals surface area contributed by atoms with Gasteiger partial charge < -0.3 is 4.57 Å². The molecule has 0 fully saturated rings. The number of fused-ring (bicyclic) bond motifs is 1. The maximum absolute atomic E-state index is 4.75. The van der Waals surface area contributed by atoms with Crippen molar-refractivity contribution in [1.29, 1.82) is 0 Å². The van der Waals surface area contributed by atoms with Gasteiger partial charge in [0.25, 0.3) is 0 Å². The van der Waals surface area contributed by atoms with E-state index in [9.17, 15) is 0 Å². The van der Waals surface area contributed by atoms with Crippen molar-refractivity contribution in [1.82, 2.24) is 9.55 Å². The zero-order chi connectivity index (χ0) is 11.1. The van der Waals surface area contributed by atoms with Crippen molar-refractivity contribution in [3.63, 3.8) is 0 Å². The first-order chi connectivity index (χ1) is 6.96. The van der Waals surface area contributed by atoms with E-state index in [1.54, 1.807) is 0 Å². The van der Waals surface area contributed by atoms with E-state index in [0.29, 0.717) is 11.5 Å². The van der Waals surface area contributed by atoms with Gasteiger partial charge in [-0.1, -0.05) is 20.8 Å². The Morgan fingerprint density at radius 1 is 1.47 bits per heavy atom. The summed E-state index contributed by atoms with van der Waals surface area (Å²) in [5, 5.41) is 0. The van der Waals surface area contributed by atoms with Crippen LogP contribution in [0.25, 0.3) is 0 Å². The summed E-state index contributed by atoms with van der Waals surface area (Å²) in [6.07, 6.45) is 7.12. The molecule has 0 aromatic carbocycles. The Bertz CT molecular complexity index is 344. The zero-order valence-electron chi connectivity index (χ0n) is 10.4. The fraction of sp³-hybridized carbons (Fsp3) is 0.769. The lowest BCUT2D eigenvalue weighted by atomic mass is 9.91. The molecule has 15 heavy (non-hydrogen) atoms. The lowest BCUT2D eigenvalue weighted by molar-refractivity contribution is 0.406. The molecule has 2 heterocycles. The first-order valence-electron chi connectivity index (χ1n) is 6.02. The molecule has 1 unspecified atom stereocenters. The van der Waals surface area contributed by atoms with Crippen LogP contribution in [0.1, 0.15) is 58.1 Å². The van der Waals surface area contributed by atoms with Crippen LogP contribution in [-0.4, -0.2) is 9.55 Å². The Kier molecular flexibility index (Phi) is 2.61. The van der Waals surface area contributed by atoms with E-state index in [1.807, 2.05) is 0 Å². The molecule has 2 rings (SSSR count). The molecule has 0 N–H and O–H groups in total. The van der Waals surface area contributed by atoms with Crippen LogP contribution in [-0.2, 0) is 12.8 Å². The van der Waals surface area contributed by atoms with Gasteiger partial charge in [-0.15, -0.1) is 0 Å². The second kappa shape index (κ2) is 3.66. The number of aryl methyl sites for hydroxylation is 1. The summed E-state index contributed by atoms with van der Waals surface area (Å²) < 4.78 is 2.38. The molecule has 2 heteroatoms. The molecule has 1 atom stereocenters. The van der Waals surface area contributed by atoms with E-state index in [-0.39, 0.29) is 0 Å². The monoisotopic (exact) mass is 206 g/mol. The highest BCUT2D eigenvalue weighted by Gasteiger charge is 2.20. The van der Waals surface area contributed by atoms with E-state index in [1.165, 1.54) is 24.4 Å². The highest BCUT2D eigenvalue weighted by Crippen LogP contribution is 2.26. The lowest BCUT2D eigenvalue weighted by Gasteiger charge is -2.20. The van der Waals surface area contributed by atoms with Crippen molar-refractivity contribution in [2.75, 3.05) is 0 Å². The van der Waals surface area contributed by atoms with E-state index < -0.39 is 0 Å². The standard InChI is InChI=1S/C13H22N2/c1-10-6-5-7-12-14-11(9-15(10)12)8-13(2,3)4/h9-10H,5-8H2,1-4H3. The maximum Gasteiger partial charge on any atom is 0.109 e. The SMILES string of the molecule is CC1CCCc2nc(CC(C)(C)C)cn21. The van der Waals surface area contributed by atoms with E-state index >= 15 is 0 Å². The second-order valence-electron chi connectivity index (χ2n) is 6.03. The number of imidazole rings is 1. The van der Waals surface area contributed by atoms with Gasteiger partial charge in [0.15, 0.2) is 0 Å². The first kappa shape index (κ1) is 10.7. The summed E-state index contributed by atoms with van der Waals surface area (Å²) in [4.78, 5) is 4.75. The Morgan fingerprint density at radius 3 is 2.80 bits per heavy atom. The van der Waals surface area contributed by atoms with Crippen molar-refractivity contribution in [3.8, 4) is 0 Å². The van der Waals surface area contributed by atoms with Crippen LogP contribution < -0.4 is 0 Å². The molecule has 0 amide bonds. The van der Waals surface area contributed by atoms with Crippen molar-refractivity contribution >= 4 is 0 Å². The van der Waals surface area contributed by atoms with Crippen LogP contribution in [0.2, 0.25) is 0 Å². The van der Waals surface area contributed by atoms with E-state index in [2.05, 4.69) is 38.5 Å². The number of rotatable bonds is 1. The predicted molar refractivity (Wildman–Crippen MR) is 63.0 cm³/mol. The number of hydrogen-bond acceptors (Lipinski definition) is 1. The third-order valence-electron chi connectivity index (χ3n) is 3.07. The molecular weight excluding hydrogens is 184 g/mol. The number of aromatic nitrogens is 2.